The average molecular weight is 371 g/mol. The normalized spacial score (nSPS) is 12.1. The molecule has 0 spiro atoms. The third-order valence-corrected chi connectivity index (χ3v) is 2.95. The van der Waals surface area contributed by atoms with E-state index in [9.17, 15) is 14.0 Å². The number of hydrogen-bond acceptors (Lipinski definition) is 7. The number of rotatable bonds is 7. The van der Waals surface area contributed by atoms with Crippen molar-refractivity contribution >= 4 is 19.2 Å². The minimum atomic E-state index is -1.71. The summed E-state index contributed by atoms with van der Waals surface area (Å²) in [5, 5.41) is 20.0. The lowest BCUT2D eigenvalue weighted by Crippen LogP contribution is -2.45. The van der Waals surface area contributed by atoms with Crippen LogP contribution < -0.4 is 10.1 Å². The van der Waals surface area contributed by atoms with Crippen LogP contribution in [0.5, 0.6) is 5.75 Å². The fourth-order valence-electron chi connectivity index (χ4n) is 2.01. The predicted molar refractivity (Wildman–Crippen MR) is 91.0 cm³/mol. The first-order chi connectivity index (χ1) is 12.0. The van der Waals surface area contributed by atoms with Crippen molar-refractivity contribution < 1.29 is 38.2 Å². The van der Waals surface area contributed by atoms with Crippen molar-refractivity contribution in [2.75, 3.05) is 13.6 Å². The average Bonchev–Trinajstić information content (AvgIpc) is 2.49. The molecule has 0 saturated carbocycles. The van der Waals surface area contributed by atoms with Crippen molar-refractivity contribution in [3.8, 4) is 5.75 Å². The zero-order chi connectivity index (χ0) is 19.9. The second-order valence-corrected chi connectivity index (χ2v) is 6.51. The summed E-state index contributed by atoms with van der Waals surface area (Å²) in [6.07, 6.45) is -0.897. The molecule has 1 aromatic rings. The molecule has 1 rings (SSSR count). The summed E-state index contributed by atoms with van der Waals surface area (Å²) in [5.41, 5.74) is -0.422. The minimum Gasteiger partial charge on any atom is -0.496 e. The molecular formula is C16H23BFNO7. The quantitative estimate of drug-likeness (QED) is 0.480. The van der Waals surface area contributed by atoms with Crippen LogP contribution in [-0.2, 0) is 20.7 Å². The number of ether oxygens (including phenoxy) is 3. The molecule has 26 heavy (non-hydrogen) atoms. The van der Waals surface area contributed by atoms with Gasteiger partial charge in [-0.05, 0) is 38.5 Å². The van der Waals surface area contributed by atoms with E-state index in [0.29, 0.717) is 5.56 Å². The van der Waals surface area contributed by atoms with Crippen molar-refractivity contribution in [2.45, 2.75) is 38.8 Å². The van der Waals surface area contributed by atoms with Crippen LogP contribution in [0.1, 0.15) is 26.3 Å². The lowest BCUT2D eigenvalue weighted by molar-refractivity contribution is -0.143. The highest BCUT2D eigenvalue weighted by atomic mass is 19.1. The van der Waals surface area contributed by atoms with Gasteiger partial charge in [-0.15, -0.1) is 0 Å². The van der Waals surface area contributed by atoms with Crippen LogP contribution in [0.25, 0.3) is 0 Å². The molecular weight excluding hydrogens is 348 g/mol. The maximum absolute atomic E-state index is 13.7. The highest BCUT2D eigenvalue weighted by molar-refractivity contribution is 6.40. The molecule has 0 aromatic heterocycles. The Morgan fingerprint density at radius 3 is 2.46 bits per heavy atom. The van der Waals surface area contributed by atoms with E-state index in [1.807, 2.05) is 0 Å². The molecule has 1 atom stereocenters. The van der Waals surface area contributed by atoms with Gasteiger partial charge in [0.2, 0.25) is 0 Å². The molecule has 10 heteroatoms. The highest BCUT2D eigenvalue weighted by Gasteiger charge is 2.25. The van der Waals surface area contributed by atoms with Gasteiger partial charge in [0.1, 0.15) is 29.7 Å². The first kappa shape index (κ1) is 21.7. The summed E-state index contributed by atoms with van der Waals surface area (Å²) >= 11 is 0. The van der Waals surface area contributed by atoms with Crippen molar-refractivity contribution in [1.82, 2.24) is 5.32 Å². The second kappa shape index (κ2) is 9.39. The molecule has 8 nitrogen and oxygen atoms in total. The first-order valence-corrected chi connectivity index (χ1v) is 7.86. The van der Waals surface area contributed by atoms with Gasteiger partial charge < -0.3 is 29.6 Å². The Bertz CT molecular complexity index is 634. The largest absolute Gasteiger partial charge is 0.496 e. The van der Waals surface area contributed by atoms with Gasteiger partial charge in [-0.25, -0.2) is 14.0 Å². The van der Waals surface area contributed by atoms with Gasteiger partial charge in [0.05, 0.1) is 7.11 Å². The minimum absolute atomic E-state index is 0.0500. The molecule has 0 heterocycles. The summed E-state index contributed by atoms with van der Waals surface area (Å²) in [7, 11) is -0.548. The first-order valence-electron chi connectivity index (χ1n) is 7.86. The summed E-state index contributed by atoms with van der Waals surface area (Å²) in [5.74, 6) is -1.33. The summed E-state index contributed by atoms with van der Waals surface area (Å²) in [6, 6.07) is 2.53. The molecule has 0 saturated heterocycles. The van der Waals surface area contributed by atoms with Gasteiger partial charge in [-0.2, -0.15) is 0 Å². The lowest BCUT2D eigenvalue weighted by atomic mass is 9.95. The summed E-state index contributed by atoms with van der Waals surface area (Å²) < 4.78 is 28.5. The predicted octanol–water partition coefficient (Wildman–Crippen LogP) is 0.825. The summed E-state index contributed by atoms with van der Waals surface area (Å²) in [6.45, 7) is 4.57. The Kier molecular flexibility index (Phi) is 7.85. The Morgan fingerprint density at radius 1 is 1.27 bits per heavy atom. The molecule has 1 aromatic carbocycles. The highest BCUT2D eigenvalue weighted by Crippen LogP contribution is 2.18. The SMILES string of the molecule is COC(=O)[C@H](Cc1cc(F)cc(OCB(O)O)c1)NC(=O)OC(C)(C)C. The number of methoxy groups -OCH3 is 1. The van der Waals surface area contributed by atoms with Gasteiger partial charge in [0.25, 0.3) is 0 Å². The molecule has 0 fully saturated rings. The fourth-order valence-corrected chi connectivity index (χ4v) is 2.01. The van der Waals surface area contributed by atoms with E-state index < -0.39 is 43.1 Å². The Hall–Kier alpha value is -2.33. The van der Waals surface area contributed by atoms with E-state index in [2.05, 4.69) is 10.1 Å². The standard InChI is InChI=1S/C16H23BFNO7/c1-16(2,3)26-15(21)19-13(14(20)24-4)7-10-5-11(18)8-12(6-10)25-9-17(22)23/h5-6,8,13,22-23H,7,9H2,1-4H3,(H,19,21)/t13-/m0/s1. The molecule has 0 aliphatic carbocycles. The van der Waals surface area contributed by atoms with Gasteiger partial charge >= 0.3 is 19.2 Å². The van der Waals surface area contributed by atoms with E-state index in [0.717, 1.165) is 19.2 Å². The molecule has 3 N–H and O–H groups in total. The number of alkyl carbamates (subject to hydrolysis) is 1. The monoisotopic (exact) mass is 371 g/mol. The fraction of sp³-hybridized carbons (Fsp3) is 0.500. The van der Waals surface area contributed by atoms with Crippen molar-refractivity contribution in [3.63, 3.8) is 0 Å². The smallest absolute Gasteiger partial charge is 0.491 e. The second-order valence-electron chi connectivity index (χ2n) is 6.51. The van der Waals surface area contributed by atoms with Crippen LogP contribution in [0.4, 0.5) is 9.18 Å². The number of esters is 1. The molecule has 1 amide bonds. The molecule has 0 bridgehead atoms. The van der Waals surface area contributed by atoms with Gasteiger partial charge in [0, 0.05) is 12.5 Å². The van der Waals surface area contributed by atoms with E-state index in [1.165, 1.54) is 6.07 Å². The van der Waals surface area contributed by atoms with E-state index in [4.69, 9.17) is 19.5 Å². The number of carbonyl (C=O) groups is 2. The zero-order valence-corrected chi connectivity index (χ0v) is 15.1. The van der Waals surface area contributed by atoms with Crippen molar-refractivity contribution in [2.24, 2.45) is 0 Å². The van der Waals surface area contributed by atoms with Crippen molar-refractivity contribution in [3.05, 3.63) is 29.6 Å². The maximum Gasteiger partial charge on any atom is 0.491 e. The molecule has 0 radical (unpaired) electrons. The maximum atomic E-state index is 13.7. The van der Waals surface area contributed by atoms with E-state index >= 15 is 0 Å². The van der Waals surface area contributed by atoms with Gasteiger partial charge in [0.15, 0.2) is 0 Å². The number of amides is 1. The number of benzene rings is 1. The van der Waals surface area contributed by atoms with Crippen LogP contribution >= 0.6 is 0 Å². The molecule has 144 valence electrons. The van der Waals surface area contributed by atoms with Crippen LogP contribution in [0.15, 0.2) is 18.2 Å². The molecule has 0 aliphatic rings. The summed E-state index contributed by atoms with van der Waals surface area (Å²) in [4.78, 5) is 23.8. The topological polar surface area (TPSA) is 114 Å². The lowest BCUT2D eigenvalue weighted by Gasteiger charge is -2.22. The van der Waals surface area contributed by atoms with Gasteiger partial charge in [-0.1, -0.05) is 0 Å². The zero-order valence-electron chi connectivity index (χ0n) is 15.1. The van der Waals surface area contributed by atoms with Crippen LogP contribution in [-0.4, -0.2) is 54.5 Å². The Balaban J connectivity index is 2.90. The van der Waals surface area contributed by atoms with E-state index in [-0.39, 0.29) is 12.2 Å². The Labute approximate surface area is 151 Å². The van der Waals surface area contributed by atoms with Gasteiger partial charge in [-0.3, -0.25) is 0 Å². The number of nitrogens with one attached hydrogen (secondary N) is 1. The third kappa shape index (κ3) is 8.17. The van der Waals surface area contributed by atoms with Crippen LogP contribution in [0.2, 0.25) is 0 Å². The molecule has 0 aliphatic heterocycles. The Morgan fingerprint density at radius 2 is 1.92 bits per heavy atom. The van der Waals surface area contributed by atoms with Crippen LogP contribution in [0, 0.1) is 5.82 Å². The van der Waals surface area contributed by atoms with Crippen LogP contribution in [0.3, 0.4) is 0 Å². The van der Waals surface area contributed by atoms with Crippen molar-refractivity contribution in [1.29, 1.82) is 0 Å². The number of carbonyl (C=O) groups excluding carboxylic acids is 2. The number of hydrogen-bond donors (Lipinski definition) is 3. The number of halogens is 1. The van der Waals surface area contributed by atoms with E-state index in [1.54, 1.807) is 20.8 Å². The molecule has 0 unspecified atom stereocenters. The third-order valence-electron chi connectivity index (χ3n) is 2.95.